The Kier molecular flexibility index (Phi) is 4.05. The van der Waals surface area contributed by atoms with Crippen LogP contribution in [0.5, 0.6) is 0 Å². The molecule has 0 aromatic rings. The van der Waals surface area contributed by atoms with Crippen molar-refractivity contribution >= 4 is 11.8 Å². The summed E-state index contributed by atoms with van der Waals surface area (Å²) in [7, 11) is 1.59. The summed E-state index contributed by atoms with van der Waals surface area (Å²) in [6.45, 7) is 4.53. The highest BCUT2D eigenvalue weighted by atomic mass is 16.2. The highest BCUT2D eigenvalue weighted by molar-refractivity contribution is 6.00. The minimum absolute atomic E-state index is 0.0527. The lowest BCUT2D eigenvalue weighted by molar-refractivity contribution is -0.148. The molecule has 1 N–H and O–H groups in total. The number of piperidine rings is 1. The second-order valence-corrected chi connectivity index (χ2v) is 6.05. The number of nitrogens with zero attached hydrogens (tertiary/aromatic N) is 1. The lowest BCUT2D eigenvalue weighted by atomic mass is 9.79. The van der Waals surface area contributed by atoms with Crippen LogP contribution >= 0.6 is 0 Å². The van der Waals surface area contributed by atoms with E-state index in [2.05, 4.69) is 19.2 Å². The molecule has 18 heavy (non-hydrogen) atoms. The van der Waals surface area contributed by atoms with E-state index < -0.39 is 0 Å². The highest BCUT2D eigenvalue weighted by Crippen LogP contribution is 2.29. The number of hydrogen-bond acceptors (Lipinski definition) is 3. The molecule has 2 amide bonds. The summed E-state index contributed by atoms with van der Waals surface area (Å²) in [4.78, 5) is 24.8. The third kappa shape index (κ3) is 2.74. The maximum absolute atomic E-state index is 12.0. The number of hydrogen-bond donors (Lipinski definition) is 1. The number of nitrogens with one attached hydrogen (secondary N) is 1. The van der Waals surface area contributed by atoms with Gasteiger partial charge in [-0.05, 0) is 31.1 Å². The van der Waals surface area contributed by atoms with Gasteiger partial charge in [0.1, 0.15) is 0 Å². The fourth-order valence-electron chi connectivity index (χ4n) is 3.09. The van der Waals surface area contributed by atoms with Crippen molar-refractivity contribution in [3.05, 3.63) is 0 Å². The van der Waals surface area contributed by atoms with Crippen LogP contribution in [-0.4, -0.2) is 35.8 Å². The molecule has 4 heteroatoms. The minimum Gasteiger partial charge on any atom is -0.303 e. The summed E-state index contributed by atoms with van der Waals surface area (Å²) in [6.07, 6.45) is 4.80. The lowest BCUT2D eigenvalue weighted by Crippen LogP contribution is -2.55. The Labute approximate surface area is 109 Å². The normalized spacial score (nSPS) is 38.1. The highest BCUT2D eigenvalue weighted by Gasteiger charge is 2.35. The monoisotopic (exact) mass is 252 g/mol. The average Bonchev–Trinajstić information content (AvgIpc) is 2.34. The summed E-state index contributed by atoms with van der Waals surface area (Å²) in [5, 5.41) is 3.50. The van der Waals surface area contributed by atoms with Crippen LogP contribution < -0.4 is 5.32 Å². The molecule has 0 radical (unpaired) electrons. The molecule has 0 aromatic heterocycles. The van der Waals surface area contributed by atoms with Crippen molar-refractivity contribution in [1.82, 2.24) is 10.2 Å². The fourth-order valence-corrected chi connectivity index (χ4v) is 3.09. The number of imide groups is 1. The largest absolute Gasteiger partial charge is 0.303 e. The Morgan fingerprint density at radius 3 is 2.61 bits per heavy atom. The van der Waals surface area contributed by atoms with Gasteiger partial charge in [0.25, 0.3) is 0 Å². The van der Waals surface area contributed by atoms with Crippen molar-refractivity contribution in [2.24, 2.45) is 11.8 Å². The summed E-state index contributed by atoms with van der Waals surface area (Å²) in [5.74, 6) is 1.24. The maximum Gasteiger partial charge on any atom is 0.246 e. The van der Waals surface area contributed by atoms with Crippen LogP contribution in [0.25, 0.3) is 0 Å². The lowest BCUT2D eigenvalue weighted by Gasteiger charge is -2.37. The molecule has 2 aliphatic rings. The van der Waals surface area contributed by atoms with Crippen LogP contribution in [0, 0.1) is 11.8 Å². The van der Waals surface area contributed by atoms with Gasteiger partial charge in [-0.15, -0.1) is 0 Å². The van der Waals surface area contributed by atoms with E-state index in [0.717, 1.165) is 12.3 Å². The second kappa shape index (κ2) is 5.39. The molecular formula is C14H24N2O2. The predicted molar refractivity (Wildman–Crippen MR) is 69.9 cm³/mol. The molecule has 0 spiro atoms. The van der Waals surface area contributed by atoms with Crippen LogP contribution in [0.15, 0.2) is 0 Å². The molecule has 1 aliphatic heterocycles. The molecule has 0 bridgehead atoms. The van der Waals surface area contributed by atoms with E-state index in [-0.39, 0.29) is 17.9 Å². The van der Waals surface area contributed by atoms with Gasteiger partial charge in [-0.2, -0.15) is 0 Å². The molecule has 2 rings (SSSR count). The van der Waals surface area contributed by atoms with Crippen molar-refractivity contribution in [1.29, 1.82) is 0 Å². The number of rotatable bonds is 2. The second-order valence-electron chi connectivity index (χ2n) is 6.05. The Balaban J connectivity index is 1.96. The third-order valence-electron chi connectivity index (χ3n) is 4.52. The molecule has 4 atom stereocenters. The van der Waals surface area contributed by atoms with E-state index >= 15 is 0 Å². The first kappa shape index (κ1) is 13.5. The van der Waals surface area contributed by atoms with Crippen LogP contribution in [-0.2, 0) is 9.59 Å². The van der Waals surface area contributed by atoms with Gasteiger partial charge in [0.15, 0.2) is 0 Å². The van der Waals surface area contributed by atoms with Crippen molar-refractivity contribution in [3.8, 4) is 0 Å². The van der Waals surface area contributed by atoms with Crippen molar-refractivity contribution in [2.75, 3.05) is 7.05 Å². The average molecular weight is 252 g/mol. The molecule has 1 heterocycles. The van der Waals surface area contributed by atoms with Crippen LogP contribution in [0.1, 0.15) is 46.0 Å². The Morgan fingerprint density at radius 1 is 1.17 bits per heavy atom. The minimum atomic E-state index is -0.162. The molecule has 4 unspecified atom stereocenters. The number of carbonyl (C=O) groups is 2. The van der Waals surface area contributed by atoms with E-state index in [9.17, 15) is 9.59 Å². The van der Waals surface area contributed by atoms with E-state index in [1.165, 1.54) is 17.7 Å². The van der Waals surface area contributed by atoms with Gasteiger partial charge in [-0.1, -0.05) is 20.3 Å². The molecule has 2 fully saturated rings. The molecular weight excluding hydrogens is 228 g/mol. The molecule has 102 valence electrons. The SMILES string of the molecule is CC1CCC(C)C(NC2CCC(=O)N(C)C2=O)C1. The number of carbonyl (C=O) groups excluding carboxylic acids is 2. The zero-order valence-electron chi connectivity index (χ0n) is 11.6. The van der Waals surface area contributed by atoms with Crippen LogP contribution in [0.2, 0.25) is 0 Å². The summed E-state index contributed by atoms with van der Waals surface area (Å²) < 4.78 is 0. The van der Waals surface area contributed by atoms with Gasteiger partial charge >= 0.3 is 0 Å². The first-order valence-electron chi connectivity index (χ1n) is 7.05. The van der Waals surface area contributed by atoms with Gasteiger partial charge < -0.3 is 5.32 Å². The van der Waals surface area contributed by atoms with Gasteiger partial charge in [-0.25, -0.2) is 0 Å². The molecule has 1 aliphatic carbocycles. The zero-order valence-corrected chi connectivity index (χ0v) is 11.6. The summed E-state index contributed by atoms with van der Waals surface area (Å²) in [5.41, 5.74) is 0. The smallest absolute Gasteiger partial charge is 0.246 e. The number of likely N-dealkylation sites (N-methyl/N-ethyl adjacent to an activating group) is 1. The third-order valence-corrected chi connectivity index (χ3v) is 4.52. The fraction of sp³-hybridized carbons (Fsp3) is 0.857. The van der Waals surface area contributed by atoms with Crippen molar-refractivity contribution in [3.63, 3.8) is 0 Å². The van der Waals surface area contributed by atoms with Gasteiger partial charge in [0.2, 0.25) is 11.8 Å². The van der Waals surface area contributed by atoms with Gasteiger partial charge in [-0.3, -0.25) is 14.5 Å². The molecule has 0 aromatic carbocycles. The van der Waals surface area contributed by atoms with Crippen LogP contribution in [0.3, 0.4) is 0 Å². The number of amides is 2. The Bertz CT molecular complexity index is 343. The van der Waals surface area contributed by atoms with E-state index in [0.29, 0.717) is 24.8 Å². The van der Waals surface area contributed by atoms with Crippen molar-refractivity contribution in [2.45, 2.75) is 58.0 Å². The van der Waals surface area contributed by atoms with Crippen LogP contribution in [0.4, 0.5) is 0 Å². The maximum atomic E-state index is 12.0. The first-order chi connectivity index (χ1) is 8.49. The quantitative estimate of drug-likeness (QED) is 0.759. The number of likely N-dealkylation sites (tertiary alicyclic amines) is 1. The van der Waals surface area contributed by atoms with Crippen molar-refractivity contribution < 1.29 is 9.59 Å². The Hall–Kier alpha value is -0.900. The van der Waals surface area contributed by atoms with Gasteiger partial charge in [0, 0.05) is 19.5 Å². The van der Waals surface area contributed by atoms with E-state index in [4.69, 9.17) is 0 Å². The molecule has 1 saturated carbocycles. The molecule has 1 saturated heterocycles. The zero-order chi connectivity index (χ0) is 13.3. The van der Waals surface area contributed by atoms with Gasteiger partial charge in [0.05, 0.1) is 6.04 Å². The molecule has 4 nitrogen and oxygen atoms in total. The van der Waals surface area contributed by atoms with E-state index in [1.807, 2.05) is 0 Å². The first-order valence-corrected chi connectivity index (χ1v) is 7.05. The topological polar surface area (TPSA) is 49.4 Å². The summed E-state index contributed by atoms with van der Waals surface area (Å²) >= 11 is 0. The Morgan fingerprint density at radius 2 is 1.89 bits per heavy atom. The summed E-state index contributed by atoms with van der Waals surface area (Å²) in [6, 6.07) is 0.259. The standard InChI is InChI=1S/C14H24N2O2/c1-9-4-5-10(2)12(8-9)15-11-6-7-13(17)16(3)14(11)18/h9-12,15H,4-8H2,1-3H3. The van der Waals surface area contributed by atoms with E-state index in [1.54, 1.807) is 7.05 Å². The predicted octanol–water partition coefficient (Wildman–Crippen LogP) is 1.55.